The Kier molecular flexibility index (Phi) is 5.67. The molecular formula is C10H23NO2S. The van der Waals surface area contributed by atoms with Crippen LogP contribution in [-0.4, -0.2) is 32.5 Å². The first-order valence-corrected chi connectivity index (χ1v) is 7.20. The standard InChI is InChI=1S/C10H23NO2S/c1-8(2)6-9(3)11-10(4)7-14(5,12)13/h8-11H,6-7H2,1-5H3. The first-order valence-electron chi connectivity index (χ1n) is 5.14. The Morgan fingerprint density at radius 2 is 1.57 bits per heavy atom. The molecule has 14 heavy (non-hydrogen) atoms. The molecule has 0 aromatic rings. The second kappa shape index (κ2) is 5.71. The average molecular weight is 221 g/mol. The van der Waals surface area contributed by atoms with E-state index in [4.69, 9.17) is 0 Å². The Morgan fingerprint density at radius 3 is 1.93 bits per heavy atom. The van der Waals surface area contributed by atoms with Gasteiger partial charge in [0, 0.05) is 18.3 Å². The van der Waals surface area contributed by atoms with Crippen LogP contribution in [0.15, 0.2) is 0 Å². The molecule has 0 spiro atoms. The summed E-state index contributed by atoms with van der Waals surface area (Å²) in [5.74, 6) is 0.859. The number of hydrogen-bond acceptors (Lipinski definition) is 3. The molecule has 0 saturated carbocycles. The molecule has 1 N–H and O–H groups in total. The summed E-state index contributed by atoms with van der Waals surface area (Å²) in [6, 6.07) is 0.422. The van der Waals surface area contributed by atoms with E-state index in [1.54, 1.807) is 0 Å². The number of hydrogen-bond donors (Lipinski definition) is 1. The van der Waals surface area contributed by atoms with Crippen LogP contribution in [0, 0.1) is 5.92 Å². The summed E-state index contributed by atoms with van der Waals surface area (Å²) < 4.78 is 22.0. The second-order valence-electron chi connectivity index (χ2n) is 4.69. The van der Waals surface area contributed by atoms with E-state index < -0.39 is 9.84 Å². The zero-order chi connectivity index (χ0) is 11.4. The highest BCUT2D eigenvalue weighted by Crippen LogP contribution is 2.05. The molecule has 2 atom stereocenters. The van der Waals surface area contributed by atoms with E-state index in [9.17, 15) is 8.42 Å². The summed E-state index contributed by atoms with van der Waals surface area (Å²) in [5, 5.41) is 3.29. The summed E-state index contributed by atoms with van der Waals surface area (Å²) in [5.41, 5.74) is 0. The lowest BCUT2D eigenvalue weighted by atomic mass is 10.0. The van der Waals surface area contributed by atoms with Crippen molar-refractivity contribution >= 4 is 9.84 Å². The SMILES string of the molecule is CC(C)CC(C)NC(C)CS(C)(=O)=O. The van der Waals surface area contributed by atoms with Gasteiger partial charge in [-0.25, -0.2) is 8.42 Å². The van der Waals surface area contributed by atoms with Crippen molar-refractivity contribution in [2.75, 3.05) is 12.0 Å². The van der Waals surface area contributed by atoms with Crippen molar-refractivity contribution in [2.45, 2.75) is 46.2 Å². The minimum absolute atomic E-state index is 0.0405. The van der Waals surface area contributed by atoms with Crippen molar-refractivity contribution in [3.05, 3.63) is 0 Å². The normalized spacial score (nSPS) is 17.0. The van der Waals surface area contributed by atoms with Crippen LogP contribution in [0.5, 0.6) is 0 Å². The molecular weight excluding hydrogens is 198 g/mol. The Morgan fingerprint density at radius 1 is 1.07 bits per heavy atom. The molecule has 86 valence electrons. The summed E-state index contributed by atoms with van der Waals surface area (Å²) in [7, 11) is -2.86. The van der Waals surface area contributed by atoms with Crippen LogP contribution in [0.2, 0.25) is 0 Å². The van der Waals surface area contributed by atoms with E-state index in [0.29, 0.717) is 12.0 Å². The molecule has 0 aromatic carbocycles. The molecule has 0 radical (unpaired) electrons. The van der Waals surface area contributed by atoms with E-state index in [2.05, 4.69) is 26.1 Å². The molecule has 0 aromatic heterocycles. The highest BCUT2D eigenvalue weighted by Gasteiger charge is 2.13. The first kappa shape index (κ1) is 13.9. The molecule has 0 aliphatic rings. The molecule has 0 rings (SSSR count). The number of rotatable bonds is 6. The van der Waals surface area contributed by atoms with Crippen LogP contribution in [0.1, 0.15) is 34.1 Å². The smallest absolute Gasteiger partial charge is 0.148 e. The highest BCUT2D eigenvalue weighted by molar-refractivity contribution is 7.90. The maximum Gasteiger partial charge on any atom is 0.148 e. The predicted molar refractivity (Wildman–Crippen MR) is 61.2 cm³/mol. The fourth-order valence-corrected chi connectivity index (χ4v) is 2.77. The van der Waals surface area contributed by atoms with Crippen LogP contribution >= 0.6 is 0 Å². The molecule has 0 heterocycles. The van der Waals surface area contributed by atoms with Crippen molar-refractivity contribution in [3.63, 3.8) is 0 Å². The minimum Gasteiger partial charge on any atom is -0.311 e. The maximum atomic E-state index is 11.0. The van der Waals surface area contributed by atoms with E-state index in [-0.39, 0.29) is 11.8 Å². The van der Waals surface area contributed by atoms with Gasteiger partial charge in [0.05, 0.1) is 5.75 Å². The lowest BCUT2D eigenvalue weighted by Crippen LogP contribution is -2.39. The largest absolute Gasteiger partial charge is 0.311 e. The third-order valence-corrected chi connectivity index (χ3v) is 3.05. The van der Waals surface area contributed by atoms with Crippen LogP contribution < -0.4 is 5.32 Å². The second-order valence-corrected chi connectivity index (χ2v) is 6.88. The Balaban J connectivity index is 3.88. The van der Waals surface area contributed by atoms with Crippen molar-refractivity contribution < 1.29 is 8.42 Å². The van der Waals surface area contributed by atoms with Gasteiger partial charge >= 0.3 is 0 Å². The van der Waals surface area contributed by atoms with Gasteiger partial charge in [0.15, 0.2) is 0 Å². The number of sulfone groups is 1. The monoisotopic (exact) mass is 221 g/mol. The Labute approximate surface area is 88.2 Å². The third kappa shape index (κ3) is 8.51. The molecule has 0 aliphatic carbocycles. The van der Waals surface area contributed by atoms with Gasteiger partial charge in [0.1, 0.15) is 9.84 Å². The quantitative estimate of drug-likeness (QED) is 0.738. The fraction of sp³-hybridized carbons (Fsp3) is 1.00. The summed E-state index contributed by atoms with van der Waals surface area (Å²) in [4.78, 5) is 0. The predicted octanol–water partition coefficient (Wildman–Crippen LogP) is 1.44. The number of nitrogens with one attached hydrogen (secondary N) is 1. The van der Waals surface area contributed by atoms with Crippen molar-refractivity contribution in [3.8, 4) is 0 Å². The van der Waals surface area contributed by atoms with Gasteiger partial charge in [-0.1, -0.05) is 13.8 Å². The topological polar surface area (TPSA) is 46.2 Å². The molecule has 2 unspecified atom stereocenters. The molecule has 4 heteroatoms. The van der Waals surface area contributed by atoms with Crippen molar-refractivity contribution in [1.82, 2.24) is 5.32 Å². The third-order valence-electron chi connectivity index (χ3n) is 1.95. The first-order chi connectivity index (χ1) is 6.20. The molecule has 0 amide bonds. The lowest BCUT2D eigenvalue weighted by molar-refractivity contribution is 0.413. The van der Waals surface area contributed by atoms with Crippen LogP contribution in [-0.2, 0) is 9.84 Å². The Bertz CT molecular complexity index is 247. The van der Waals surface area contributed by atoms with Crippen LogP contribution in [0.3, 0.4) is 0 Å². The van der Waals surface area contributed by atoms with Gasteiger partial charge < -0.3 is 5.32 Å². The lowest BCUT2D eigenvalue weighted by Gasteiger charge is -2.20. The van der Waals surface area contributed by atoms with E-state index in [1.165, 1.54) is 6.26 Å². The molecule has 0 bridgehead atoms. The highest BCUT2D eigenvalue weighted by atomic mass is 32.2. The summed E-state index contributed by atoms with van der Waals surface area (Å²) in [6.07, 6.45) is 2.35. The zero-order valence-electron chi connectivity index (χ0n) is 9.87. The molecule has 0 fully saturated rings. The maximum absolute atomic E-state index is 11.0. The molecule has 0 saturated heterocycles. The summed E-state index contributed by atoms with van der Waals surface area (Å²) in [6.45, 7) is 8.34. The van der Waals surface area contributed by atoms with Gasteiger partial charge in [-0.15, -0.1) is 0 Å². The Hall–Kier alpha value is -0.0900. The summed E-state index contributed by atoms with van der Waals surface area (Å²) >= 11 is 0. The van der Waals surface area contributed by atoms with E-state index in [1.807, 2.05) is 6.92 Å². The zero-order valence-corrected chi connectivity index (χ0v) is 10.7. The van der Waals surface area contributed by atoms with E-state index >= 15 is 0 Å². The van der Waals surface area contributed by atoms with Crippen molar-refractivity contribution in [1.29, 1.82) is 0 Å². The molecule has 3 nitrogen and oxygen atoms in total. The van der Waals surface area contributed by atoms with Gasteiger partial charge in [-0.2, -0.15) is 0 Å². The average Bonchev–Trinajstić information content (AvgIpc) is 1.77. The fourth-order valence-electron chi connectivity index (χ4n) is 1.76. The van der Waals surface area contributed by atoms with Gasteiger partial charge in [-0.3, -0.25) is 0 Å². The van der Waals surface area contributed by atoms with Crippen molar-refractivity contribution in [2.24, 2.45) is 5.92 Å². The van der Waals surface area contributed by atoms with Gasteiger partial charge in [0.2, 0.25) is 0 Å². The minimum atomic E-state index is -2.86. The van der Waals surface area contributed by atoms with Gasteiger partial charge in [-0.05, 0) is 26.2 Å². The van der Waals surface area contributed by atoms with E-state index in [0.717, 1.165) is 6.42 Å². The van der Waals surface area contributed by atoms with Crippen LogP contribution in [0.4, 0.5) is 0 Å². The van der Waals surface area contributed by atoms with Crippen LogP contribution in [0.25, 0.3) is 0 Å². The van der Waals surface area contributed by atoms with Gasteiger partial charge in [0.25, 0.3) is 0 Å². The molecule has 0 aliphatic heterocycles.